The number of piperazine rings is 1. The van der Waals surface area contributed by atoms with Crippen molar-refractivity contribution in [2.45, 2.75) is 57.4 Å². The summed E-state index contributed by atoms with van der Waals surface area (Å²) >= 11 is 0. The van der Waals surface area contributed by atoms with Crippen LogP contribution in [0.5, 0.6) is 0 Å². The van der Waals surface area contributed by atoms with Gasteiger partial charge in [0.2, 0.25) is 0 Å². The van der Waals surface area contributed by atoms with Crippen LogP contribution in [-0.2, 0) is 12.8 Å². The standard InChI is InChI=1S/C21H29N3O2/c25-20(18-10-9-16-5-4-6-17(16)15-18)23-11-13-24(14-12-23)21(26)22-19-7-2-1-3-8-19/h9-10,15,19H,1-8,11-14H2,(H,22,26). The molecular weight excluding hydrogens is 326 g/mol. The summed E-state index contributed by atoms with van der Waals surface area (Å²) in [5.41, 5.74) is 3.53. The lowest BCUT2D eigenvalue weighted by Crippen LogP contribution is -2.54. The topological polar surface area (TPSA) is 52.7 Å². The first-order valence-electron chi connectivity index (χ1n) is 10.2. The lowest BCUT2D eigenvalue weighted by atomic mass is 9.96. The van der Waals surface area contributed by atoms with Gasteiger partial charge < -0.3 is 15.1 Å². The van der Waals surface area contributed by atoms with Crippen molar-refractivity contribution in [3.63, 3.8) is 0 Å². The number of carbonyl (C=O) groups is 2. The SMILES string of the molecule is O=C(NC1CCCCC1)N1CCN(C(=O)c2ccc3c(c2)CCC3)CC1. The largest absolute Gasteiger partial charge is 0.335 e. The highest BCUT2D eigenvalue weighted by atomic mass is 16.2. The van der Waals surface area contributed by atoms with Gasteiger partial charge in [0.1, 0.15) is 0 Å². The fraction of sp³-hybridized carbons (Fsp3) is 0.619. The predicted octanol–water partition coefficient (Wildman–Crippen LogP) is 2.98. The molecule has 0 aromatic heterocycles. The van der Waals surface area contributed by atoms with Crippen LogP contribution in [-0.4, -0.2) is 54.0 Å². The Balaban J connectivity index is 1.30. The minimum absolute atomic E-state index is 0.0431. The minimum atomic E-state index is 0.0431. The van der Waals surface area contributed by atoms with Gasteiger partial charge >= 0.3 is 6.03 Å². The number of hydrogen-bond donors (Lipinski definition) is 1. The summed E-state index contributed by atoms with van der Waals surface area (Å²) in [6.45, 7) is 2.48. The maximum absolute atomic E-state index is 12.8. The van der Waals surface area contributed by atoms with E-state index in [1.165, 1.54) is 36.8 Å². The number of rotatable bonds is 2. The normalized spacial score (nSPS) is 20.8. The average molecular weight is 355 g/mol. The van der Waals surface area contributed by atoms with Crippen molar-refractivity contribution in [3.05, 3.63) is 34.9 Å². The van der Waals surface area contributed by atoms with Gasteiger partial charge in [-0.3, -0.25) is 4.79 Å². The number of benzene rings is 1. The van der Waals surface area contributed by atoms with Crippen LogP contribution in [0.4, 0.5) is 4.79 Å². The van der Waals surface area contributed by atoms with Crippen molar-refractivity contribution in [2.24, 2.45) is 0 Å². The van der Waals surface area contributed by atoms with Gasteiger partial charge in [-0.1, -0.05) is 25.3 Å². The summed E-state index contributed by atoms with van der Waals surface area (Å²) in [5.74, 6) is 0.104. The highest BCUT2D eigenvalue weighted by Crippen LogP contribution is 2.24. The fourth-order valence-electron chi connectivity index (χ4n) is 4.51. The number of fused-ring (bicyclic) bond motifs is 1. The first kappa shape index (κ1) is 17.4. The van der Waals surface area contributed by atoms with E-state index in [1.54, 1.807) is 0 Å². The van der Waals surface area contributed by atoms with Crippen LogP contribution in [0, 0.1) is 0 Å². The van der Waals surface area contributed by atoms with Gasteiger partial charge in [-0.2, -0.15) is 0 Å². The lowest BCUT2D eigenvalue weighted by Gasteiger charge is -2.36. The maximum Gasteiger partial charge on any atom is 0.317 e. The average Bonchev–Trinajstić information content (AvgIpc) is 3.16. The fourth-order valence-corrected chi connectivity index (χ4v) is 4.51. The number of amides is 3. The van der Waals surface area contributed by atoms with Crippen molar-refractivity contribution >= 4 is 11.9 Å². The van der Waals surface area contributed by atoms with Gasteiger partial charge in [0.15, 0.2) is 0 Å². The zero-order valence-electron chi connectivity index (χ0n) is 15.5. The summed E-state index contributed by atoms with van der Waals surface area (Å²) in [5, 5.41) is 3.18. The number of carbonyl (C=O) groups excluding carboxylic acids is 2. The van der Waals surface area contributed by atoms with Gasteiger partial charge in [-0.05, 0) is 55.4 Å². The number of hydrogen-bond acceptors (Lipinski definition) is 2. The van der Waals surface area contributed by atoms with Crippen LogP contribution >= 0.6 is 0 Å². The molecule has 0 atom stereocenters. The van der Waals surface area contributed by atoms with Crippen LogP contribution in [0.25, 0.3) is 0 Å². The predicted molar refractivity (Wildman–Crippen MR) is 101 cm³/mol. The van der Waals surface area contributed by atoms with E-state index < -0.39 is 0 Å². The van der Waals surface area contributed by atoms with Crippen LogP contribution in [0.3, 0.4) is 0 Å². The van der Waals surface area contributed by atoms with Gasteiger partial charge in [0.05, 0.1) is 0 Å². The summed E-state index contributed by atoms with van der Waals surface area (Å²) in [7, 11) is 0. The van der Waals surface area contributed by atoms with E-state index in [0.29, 0.717) is 32.2 Å². The van der Waals surface area contributed by atoms with Crippen molar-refractivity contribution in [3.8, 4) is 0 Å². The molecule has 1 aliphatic heterocycles. The van der Waals surface area contributed by atoms with Gasteiger partial charge in [0, 0.05) is 37.8 Å². The molecule has 5 heteroatoms. The Kier molecular flexibility index (Phi) is 5.14. The van der Waals surface area contributed by atoms with E-state index in [4.69, 9.17) is 0 Å². The molecule has 3 aliphatic rings. The Labute approximate surface area is 155 Å². The quantitative estimate of drug-likeness (QED) is 0.887. The Bertz CT molecular complexity index is 674. The minimum Gasteiger partial charge on any atom is -0.335 e. The Morgan fingerprint density at radius 3 is 2.31 bits per heavy atom. The molecule has 1 heterocycles. The van der Waals surface area contributed by atoms with Crippen LogP contribution < -0.4 is 5.32 Å². The second-order valence-corrected chi connectivity index (χ2v) is 7.90. The molecule has 0 spiro atoms. The first-order chi connectivity index (χ1) is 12.7. The molecule has 1 saturated carbocycles. The Morgan fingerprint density at radius 2 is 1.54 bits per heavy atom. The molecule has 1 aromatic rings. The molecule has 140 valence electrons. The molecule has 5 nitrogen and oxygen atoms in total. The van der Waals surface area contributed by atoms with E-state index in [1.807, 2.05) is 15.9 Å². The molecule has 26 heavy (non-hydrogen) atoms. The molecule has 0 bridgehead atoms. The lowest BCUT2D eigenvalue weighted by molar-refractivity contribution is 0.0662. The van der Waals surface area contributed by atoms with Crippen LogP contribution in [0.2, 0.25) is 0 Å². The van der Waals surface area contributed by atoms with Gasteiger partial charge in [-0.25, -0.2) is 4.79 Å². The van der Waals surface area contributed by atoms with E-state index in [0.717, 1.165) is 31.2 Å². The number of urea groups is 1. The highest BCUT2D eigenvalue weighted by Gasteiger charge is 2.27. The second-order valence-electron chi connectivity index (χ2n) is 7.90. The van der Waals surface area contributed by atoms with Gasteiger partial charge in [0.25, 0.3) is 5.91 Å². The second kappa shape index (κ2) is 7.68. The maximum atomic E-state index is 12.8. The number of aryl methyl sites for hydroxylation is 2. The summed E-state index contributed by atoms with van der Waals surface area (Å²) in [4.78, 5) is 29.0. The smallest absolute Gasteiger partial charge is 0.317 e. The third-order valence-electron chi connectivity index (χ3n) is 6.13. The van der Waals surface area contributed by atoms with Crippen molar-refractivity contribution in [2.75, 3.05) is 26.2 Å². The molecule has 1 saturated heterocycles. The first-order valence-corrected chi connectivity index (χ1v) is 10.2. The van der Waals surface area contributed by atoms with Crippen LogP contribution in [0.15, 0.2) is 18.2 Å². The monoisotopic (exact) mass is 355 g/mol. The molecule has 2 aliphatic carbocycles. The van der Waals surface area contributed by atoms with E-state index >= 15 is 0 Å². The zero-order chi connectivity index (χ0) is 17.9. The molecular formula is C21H29N3O2. The van der Waals surface area contributed by atoms with Crippen molar-refractivity contribution in [1.29, 1.82) is 0 Å². The van der Waals surface area contributed by atoms with Crippen molar-refractivity contribution < 1.29 is 9.59 Å². The third kappa shape index (κ3) is 3.71. The van der Waals surface area contributed by atoms with Gasteiger partial charge in [-0.15, -0.1) is 0 Å². The molecule has 1 N–H and O–H groups in total. The number of nitrogens with zero attached hydrogens (tertiary/aromatic N) is 2. The van der Waals surface area contributed by atoms with E-state index in [2.05, 4.69) is 17.4 Å². The van der Waals surface area contributed by atoms with Crippen molar-refractivity contribution in [1.82, 2.24) is 15.1 Å². The molecule has 2 fully saturated rings. The number of nitrogens with one attached hydrogen (secondary N) is 1. The highest BCUT2D eigenvalue weighted by molar-refractivity contribution is 5.94. The van der Waals surface area contributed by atoms with E-state index in [9.17, 15) is 9.59 Å². The molecule has 0 radical (unpaired) electrons. The molecule has 4 rings (SSSR count). The Hall–Kier alpha value is -2.04. The summed E-state index contributed by atoms with van der Waals surface area (Å²) in [6, 6.07) is 6.54. The third-order valence-corrected chi connectivity index (χ3v) is 6.13. The summed E-state index contributed by atoms with van der Waals surface area (Å²) < 4.78 is 0. The molecule has 1 aromatic carbocycles. The van der Waals surface area contributed by atoms with E-state index in [-0.39, 0.29) is 11.9 Å². The molecule has 0 unspecified atom stereocenters. The summed E-state index contributed by atoms with van der Waals surface area (Å²) in [6.07, 6.45) is 9.34. The Morgan fingerprint density at radius 1 is 0.846 bits per heavy atom. The molecule has 3 amide bonds. The van der Waals surface area contributed by atoms with Crippen LogP contribution in [0.1, 0.15) is 60.0 Å². The zero-order valence-corrected chi connectivity index (χ0v) is 15.5.